The smallest absolute Gasteiger partial charge is 0.387 e. The maximum Gasteiger partial charge on any atom is 0.472 e. The van der Waals surface area contributed by atoms with E-state index >= 15 is 0 Å². The molecule has 3 fully saturated rings. The fourth-order valence-corrected chi connectivity index (χ4v) is 7.54. The average molecular weight is 698 g/mol. The number of amidine groups is 1. The Hall–Kier alpha value is -3.75. The molecule has 0 aliphatic carbocycles. The number of aliphatic hydroxyl groups is 2. The molecule has 0 radical (unpaired) electrons. The van der Waals surface area contributed by atoms with Crippen LogP contribution in [-0.2, 0) is 41.5 Å². The molecule has 0 aromatic carbocycles. The second kappa shape index (κ2) is 11.2. The number of nitrogens with one attached hydrogen (secondary N) is 2. The molecule has 7 heterocycles. The molecule has 8 N–H and O–H groups in total. The van der Waals surface area contributed by atoms with E-state index in [1.165, 1.54) is 10.9 Å². The van der Waals surface area contributed by atoms with Gasteiger partial charge < -0.3 is 35.2 Å². The number of hydrogen-bond acceptors (Lipinski definition) is 18. The Morgan fingerprint density at radius 2 is 1.89 bits per heavy atom. The highest BCUT2D eigenvalue weighted by Crippen LogP contribution is 2.55. The van der Waals surface area contributed by atoms with Crippen LogP contribution in [0.3, 0.4) is 0 Å². The van der Waals surface area contributed by atoms with Gasteiger partial charge in [0.05, 0.1) is 19.3 Å². The number of nitrogen functional groups attached to an aromatic ring is 1. The van der Waals surface area contributed by atoms with E-state index in [2.05, 4.69) is 36.2 Å². The van der Waals surface area contributed by atoms with Crippen molar-refractivity contribution in [2.75, 3.05) is 18.9 Å². The number of anilines is 1. The molecule has 23 nitrogen and oxygen atoms in total. The topological polar surface area (TPSA) is 321 Å². The number of nitrogens with zero attached hydrogens (tertiary/aromatic N) is 7. The number of imidazole rings is 1. The third-order valence-corrected chi connectivity index (χ3v) is 9.73. The van der Waals surface area contributed by atoms with Gasteiger partial charge in [-0.1, -0.05) is 5.92 Å². The number of fused-ring (bicyclic) bond motifs is 5. The highest BCUT2D eigenvalue weighted by atomic mass is 31.2. The molecular formula is C22H24N10O13P2. The van der Waals surface area contributed by atoms with Gasteiger partial charge in [0, 0.05) is 0 Å². The van der Waals surface area contributed by atoms with Crippen molar-refractivity contribution in [1.29, 1.82) is 5.41 Å². The molecular weight excluding hydrogens is 674 g/mol. The van der Waals surface area contributed by atoms with Crippen LogP contribution in [0.15, 0.2) is 22.6 Å². The number of ether oxygens (including phenoxy) is 2. The minimum atomic E-state index is -5.27. The molecule has 1 amide bonds. The van der Waals surface area contributed by atoms with Gasteiger partial charge in [-0.2, -0.15) is 4.99 Å². The third-order valence-electron chi connectivity index (χ3n) is 7.80. The first-order valence-electron chi connectivity index (χ1n) is 13.4. The fraction of sp³-hybridized carbons (Fsp3) is 0.500. The zero-order chi connectivity index (χ0) is 33.5. The van der Waals surface area contributed by atoms with Crippen LogP contribution in [0.4, 0.5) is 5.82 Å². The van der Waals surface area contributed by atoms with Gasteiger partial charge in [0.15, 0.2) is 41.4 Å². The predicted molar refractivity (Wildman–Crippen MR) is 151 cm³/mol. The van der Waals surface area contributed by atoms with Gasteiger partial charge in [-0.25, -0.2) is 24.1 Å². The van der Waals surface area contributed by atoms with Gasteiger partial charge in [-0.3, -0.25) is 48.1 Å². The maximum absolute atomic E-state index is 13.4. The van der Waals surface area contributed by atoms with E-state index in [-0.39, 0.29) is 22.8 Å². The summed E-state index contributed by atoms with van der Waals surface area (Å²) in [5.74, 6) is 0.796. The van der Waals surface area contributed by atoms with E-state index in [4.69, 9.17) is 45.1 Å². The number of hydrogen-bond donors (Lipinski definition) is 7. The third kappa shape index (κ3) is 5.34. The molecule has 3 saturated heterocycles. The monoisotopic (exact) mass is 698 g/mol. The summed E-state index contributed by atoms with van der Waals surface area (Å²) in [5.41, 5.74) is 3.68. The lowest BCUT2D eigenvalue weighted by atomic mass is 9.97. The first kappa shape index (κ1) is 31.8. The molecule has 5 unspecified atom stereocenters. The number of amides is 1. The van der Waals surface area contributed by atoms with Crippen molar-refractivity contribution in [3.63, 3.8) is 0 Å². The lowest BCUT2D eigenvalue weighted by Gasteiger charge is -2.32. The summed E-state index contributed by atoms with van der Waals surface area (Å²) >= 11 is 0. The lowest BCUT2D eigenvalue weighted by Crippen LogP contribution is -2.53. The fourth-order valence-electron chi connectivity index (χ4n) is 5.61. The summed E-state index contributed by atoms with van der Waals surface area (Å²) in [6, 6.07) is -1.21. The number of aromatic nitrogens is 4. The zero-order valence-corrected chi connectivity index (χ0v) is 25.2. The van der Waals surface area contributed by atoms with E-state index in [0.717, 1.165) is 17.6 Å². The molecule has 2 aromatic heterocycles. The highest BCUT2D eigenvalue weighted by molar-refractivity contribution is 7.47. The quantitative estimate of drug-likeness (QED) is 0.121. The zero-order valence-electron chi connectivity index (χ0n) is 23.4. The first-order valence-corrected chi connectivity index (χ1v) is 16.4. The second-order valence-electron chi connectivity index (χ2n) is 10.7. The summed E-state index contributed by atoms with van der Waals surface area (Å²) in [5, 5.41) is 32.3. The number of rotatable bonds is 2. The van der Waals surface area contributed by atoms with Crippen molar-refractivity contribution in [2.24, 2.45) is 9.98 Å². The SMILES string of the molecule is C#C[C@@]12COP(=O)(O)O[C@H]3C(O)[C@@H](COP(=O)(O)OC1[C@H](O)[C@H](n1cnc4c(N)ncnc41)O2)O[C@H]3N1C=NC2C(=O)NC(=N)N=C21. The predicted octanol–water partition coefficient (Wildman–Crippen LogP) is -3.05. The highest BCUT2D eigenvalue weighted by Gasteiger charge is 2.61. The normalized spacial score (nSPS) is 42.1. The molecule has 0 saturated carbocycles. The van der Waals surface area contributed by atoms with Crippen molar-refractivity contribution in [2.45, 2.75) is 54.6 Å². The maximum atomic E-state index is 13.4. The van der Waals surface area contributed by atoms with Gasteiger partial charge in [-0.15, -0.1) is 6.42 Å². The molecule has 250 valence electrons. The minimum absolute atomic E-state index is 0.00757. The number of nitrogens with two attached hydrogens (primary N) is 1. The summed E-state index contributed by atoms with van der Waals surface area (Å²) in [6.45, 7) is -1.97. The van der Waals surface area contributed by atoms with Crippen LogP contribution in [0.1, 0.15) is 6.23 Å². The second-order valence-corrected chi connectivity index (χ2v) is 13.5. The minimum Gasteiger partial charge on any atom is -0.387 e. The van der Waals surface area contributed by atoms with Gasteiger partial charge in [-0.05, 0) is 0 Å². The molecule has 5 aliphatic rings. The lowest BCUT2D eigenvalue weighted by molar-refractivity contribution is -0.119. The number of aliphatic hydroxyl groups excluding tert-OH is 2. The average Bonchev–Trinajstić information content (AvgIpc) is 3.76. The molecule has 11 atom stereocenters. The molecule has 2 aromatic rings. The van der Waals surface area contributed by atoms with Gasteiger partial charge >= 0.3 is 15.6 Å². The van der Waals surface area contributed by atoms with E-state index in [1.54, 1.807) is 0 Å². The van der Waals surface area contributed by atoms with Crippen molar-refractivity contribution in [3.8, 4) is 12.3 Å². The number of terminal acetylenes is 1. The molecule has 7 rings (SSSR count). The molecule has 25 heteroatoms. The van der Waals surface area contributed by atoms with E-state index < -0.39 is 95.3 Å². The van der Waals surface area contributed by atoms with E-state index in [1.807, 2.05) is 0 Å². The Kier molecular flexibility index (Phi) is 7.56. The molecule has 2 bridgehead atoms. The molecule has 47 heavy (non-hydrogen) atoms. The summed E-state index contributed by atoms with van der Waals surface area (Å²) in [4.78, 5) is 54.9. The Labute approximate surface area is 262 Å². The van der Waals surface area contributed by atoms with Crippen molar-refractivity contribution in [1.82, 2.24) is 29.7 Å². The first-order chi connectivity index (χ1) is 22.2. The number of phosphoric acid groups is 2. The Bertz CT molecular complexity index is 1870. The number of aliphatic imine (C=N–C) groups is 2. The Morgan fingerprint density at radius 3 is 2.66 bits per heavy atom. The number of carbonyl (C=O) groups excluding carboxylic acids is 1. The van der Waals surface area contributed by atoms with Crippen LogP contribution in [-0.4, -0.2) is 130 Å². The largest absolute Gasteiger partial charge is 0.472 e. The summed E-state index contributed by atoms with van der Waals surface area (Å²) in [7, 11) is -10.5. The van der Waals surface area contributed by atoms with Gasteiger partial charge in [0.2, 0.25) is 5.96 Å². The number of phosphoric ester groups is 2. The van der Waals surface area contributed by atoms with Crippen LogP contribution in [0, 0.1) is 17.8 Å². The van der Waals surface area contributed by atoms with Crippen molar-refractivity contribution in [3.05, 3.63) is 12.7 Å². The van der Waals surface area contributed by atoms with Crippen LogP contribution in [0.2, 0.25) is 0 Å². The van der Waals surface area contributed by atoms with Gasteiger partial charge in [0.1, 0.15) is 49.0 Å². The summed E-state index contributed by atoms with van der Waals surface area (Å²) < 4.78 is 60.5. The van der Waals surface area contributed by atoms with Crippen molar-refractivity contribution < 1.29 is 61.5 Å². The van der Waals surface area contributed by atoms with Crippen LogP contribution >= 0.6 is 15.6 Å². The van der Waals surface area contributed by atoms with Crippen LogP contribution in [0.5, 0.6) is 0 Å². The Balaban J connectivity index is 1.22. The van der Waals surface area contributed by atoms with Crippen LogP contribution < -0.4 is 11.1 Å². The van der Waals surface area contributed by atoms with Gasteiger partial charge in [0.25, 0.3) is 5.91 Å². The Morgan fingerprint density at radius 1 is 1.13 bits per heavy atom. The number of carbonyl (C=O) groups is 1. The van der Waals surface area contributed by atoms with E-state index in [0.29, 0.717) is 0 Å². The standard InChI is InChI=1S/C22H24N10O13P2/c1-2-22-4-41-47(38,39)44-13-11(33)8(42-20(13)32-7-28-10-17(32)29-21(24)30-18(10)35)3-40-46(36,37)45-14(22)12(34)19(43-22)31-6-27-9-15(23)25-5-26-16(9)31/h1,5-8,10-14,19-20,33-34H,3-4H2,(H,36,37)(H,38,39)(H2,23,25,26)(H2,24,30,35)/t8-,10?,11?,12+,13+,14?,19-,20-,22-/m1/s1. The van der Waals surface area contributed by atoms with Crippen molar-refractivity contribution >= 4 is 56.7 Å². The summed E-state index contributed by atoms with van der Waals surface area (Å²) in [6.07, 6.45) is -2.93. The van der Waals surface area contributed by atoms with E-state index in [9.17, 15) is 33.9 Å². The number of guanidine groups is 1. The molecule has 0 spiro atoms. The molecule has 5 aliphatic heterocycles. The van der Waals surface area contributed by atoms with Crippen LogP contribution in [0.25, 0.3) is 11.2 Å².